The molecule has 1 rings (SSSR count). The summed E-state index contributed by atoms with van der Waals surface area (Å²) < 4.78 is 38.6. The van der Waals surface area contributed by atoms with E-state index in [2.05, 4.69) is 0 Å². The third kappa shape index (κ3) is 5.63. The van der Waals surface area contributed by atoms with Gasteiger partial charge in [-0.15, -0.1) is 0 Å². The molecule has 0 aliphatic carbocycles. The molecule has 1 aromatic carbocycles. The minimum Gasteiger partial charge on any atom is -0.465 e. The van der Waals surface area contributed by atoms with Crippen LogP contribution in [0.3, 0.4) is 0 Å². The van der Waals surface area contributed by atoms with Gasteiger partial charge in [0.25, 0.3) is 0 Å². The molecular formula is C14H18F3NO3. The molecule has 0 aliphatic rings. The Balaban J connectivity index is 2.93. The second kappa shape index (κ2) is 6.34. The van der Waals surface area contributed by atoms with E-state index >= 15 is 0 Å². The number of carboxylic acid groups (broad SMARTS) is 1. The van der Waals surface area contributed by atoms with Crippen LogP contribution in [0.25, 0.3) is 0 Å². The summed E-state index contributed by atoms with van der Waals surface area (Å²) in [4.78, 5) is 12.0. The Morgan fingerprint density at radius 1 is 1.24 bits per heavy atom. The van der Waals surface area contributed by atoms with Gasteiger partial charge in [-0.3, -0.25) is 0 Å². The number of hydrogen-bond acceptors (Lipinski definition) is 2. The standard InChI is InChI=1S/C14H18F3NO3/c1-13(2,21)7-8-18(12(19)20)9-10-5-3-4-6-11(10)14(15,16)17/h3-6,21H,7-9H2,1-2H3,(H,19,20). The maximum Gasteiger partial charge on any atom is 0.416 e. The number of amides is 1. The van der Waals surface area contributed by atoms with Crippen LogP contribution in [0.5, 0.6) is 0 Å². The summed E-state index contributed by atoms with van der Waals surface area (Å²) in [7, 11) is 0. The van der Waals surface area contributed by atoms with Gasteiger partial charge < -0.3 is 15.1 Å². The number of rotatable bonds is 5. The monoisotopic (exact) mass is 305 g/mol. The summed E-state index contributed by atoms with van der Waals surface area (Å²) in [6.45, 7) is 2.60. The zero-order valence-electron chi connectivity index (χ0n) is 11.8. The first-order chi connectivity index (χ1) is 9.50. The van der Waals surface area contributed by atoms with Gasteiger partial charge in [0.2, 0.25) is 0 Å². The number of carbonyl (C=O) groups is 1. The van der Waals surface area contributed by atoms with Crippen molar-refractivity contribution in [3.63, 3.8) is 0 Å². The number of hydrogen-bond donors (Lipinski definition) is 2. The Labute approximate surface area is 120 Å². The van der Waals surface area contributed by atoms with Gasteiger partial charge in [0.15, 0.2) is 0 Å². The maximum absolute atomic E-state index is 12.9. The van der Waals surface area contributed by atoms with Crippen LogP contribution in [0.2, 0.25) is 0 Å². The van der Waals surface area contributed by atoms with Gasteiger partial charge in [-0.2, -0.15) is 13.2 Å². The highest BCUT2D eigenvalue weighted by atomic mass is 19.4. The van der Waals surface area contributed by atoms with Crippen molar-refractivity contribution in [1.29, 1.82) is 0 Å². The third-order valence-electron chi connectivity index (χ3n) is 2.95. The lowest BCUT2D eigenvalue weighted by atomic mass is 10.0. The average molecular weight is 305 g/mol. The summed E-state index contributed by atoms with van der Waals surface area (Å²) >= 11 is 0. The fourth-order valence-electron chi connectivity index (χ4n) is 1.79. The largest absolute Gasteiger partial charge is 0.465 e. The fraction of sp³-hybridized carbons (Fsp3) is 0.500. The van der Waals surface area contributed by atoms with E-state index in [0.717, 1.165) is 11.0 Å². The van der Waals surface area contributed by atoms with Gasteiger partial charge in [0, 0.05) is 13.1 Å². The second-order valence-corrected chi connectivity index (χ2v) is 5.42. The van der Waals surface area contributed by atoms with Crippen LogP contribution in [0, 0.1) is 0 Å². The van der Waals surface area contributed by atoms with E-state index in [1.54, 1.807) is 0 Å². The van der Waals surface area contributed by atoms with Crippen LogP contribution in [-0.4, -0.2) is 33.4 Å². The molecule has 0 saturated carbocycles. The molecule has 0 bridgehead atoms. The Morgan fingerprint density at radius 3 is 2.29 bits per heavy atom. The molecule has 2 N–H and O–H groups in total. The van der Waals surface area contributed by atoms with Crippen LogP contribution < -0.4 is 0 Å². The molecule has 118 valence electrons. The topological polar surface area (TPSA) is 60.8 Å². The number of alkyl halides is 3. The minimum atomic E-state index is -4.53. The molecule has 0 radical (unpaired) electrons. The average Bonchev–Trinajstić information content (AvgIpc) is 2.32. The molecule has 21 heavy (non-hydrogen) atoms. The first kappa shape index (κ1) is 17.3. The Morgan fingerprint density at radius 2 is 1.81 bits per heavy atom. The summed E-state index contributed by atoms with van der Waals surface area (Å²) in [6.07, 6.45) is -5.72. The molecule has 0 unspecified atom stereocenters. The first-order valence-electron chi connectivity index (χ1n) is 6.36. The lowest BCUT2D eigenvalue weighted by Crippen LogP contribution is -2.34. The van der Waals surface area contributed by atoms with Gasteiger partial charge in [-0.25, -0.2) is 4.79 Å². The maximum atomic E-state index is 12.9. The molecule has 4 nitrogen and oxygen atoms in total. The van der Waals surface area contributed by atoms with Crippen LogP contribution in [-0.2, 0) is 12.7 Å². The molecular weight excluding hydrogens is 287 g/mol. The summed E-state index contributed by atoms with van der Waals surface area (Å²) in [6, 6.07) is 4.86. The van der Waals surface area contributed by atoms with Crippen molar-refractivity contribution in [1.82, 2.24) is 4.90 Å². The Hall–Kier alpha value is -1.76. The number of halogens is 3. The summed E-state index contributed by atoms with van der Waals surface area (Å²) in [5.74, 6) is 0. The Bertz CT molecular complexity index is 495. The van der Waals surface area contributed by atoms with Gasteiger partial charge >= 0.3 is 12.3 Å². The van der Waals surface area contributed by atoms with E-state index in [-0.39, 0.29) is 25.1 Å². The molecule has 0 fully saturated rings. The highest BCUT2D eigenvalue weighted by molar-refractivity contribution is 5.65. The van der Waals surface area contributed by atoms with Crippen LogP contribution in [0.1, 0.15) is 31.4 Å². The fourth-order valence-corrected chi connectivity index (χ4v) is 1.79. The number of nitrogens with zero attached hydrogens (tertiary/aromatic N) is 1. The molecule has 0 aromatic heterocycles. The zero-order valence-corrected chi connectivity index (χ0v) is 11.8. The molecule has 1 aromatic rings. The van der Waals surface area contributed by atoms with Gasteiger partial charge in [0.1, 0.15) is 0 Å². The second-order valence-electron chi connectivity index (χ2n) is 5.42. The van der Waals surface area contributed by atoms with Gasteiger partial charge in [-0.1, -0.05) is 18.2 Å². The molecule has 0 saturated heterocycles. The molecule has 0 heterocycles. The molecule has 1 amide bonds. The van der Waals surface area contributed by atoms with Crippen molar-refractivity contribution < 1.29 is 28.2 Å². The van der Waals surface area contributed by atoms with Crippen molar-refractivity contribution in [3.05, 3.63) is 35.4 Å². The lowest BCUT2D eigenvalue weighted by Gasteiger charge is -2.25. The van der Waals surface area contributed by atoms with Crippen LogP contribution in [0.15, 0.2) is 24.3 Å². The smallest absolute Gasteiger partial charge is 0.416 e. The molecule has 0 aliphatic heterocycles. The summed E-state index contributed by atoms with van der Waals surface area (Å²) in [5.41, 5.74) is -2.04. The summed E-state index contributed by atoms with van der Waals surface area (Å²) in [5, 5.41) is 18.7. The van der Waals surface area contributed by atoms with Crippen LogP contribution in [0.4, 0.5) is 18.0 Å². The van der Waals surface area contributed by atoms with E-state index in [4.69, 9.17) is 5.11 Å². The van der Waals surface area contributed by atoms with E-state index < -0.39 is 23.4 Å². The van der Waals surface area contributed by atoms with Crippen molar-refractivity contribution in [3.8, 4) is 0 Å². The van der Waals surface area contributed by atoms with E-state index in [0.29, 0.717) is 0 Å². The third-order valence-corrected chi connectivity index (χ3v) is 2.95. The van der Waals surface area contributed by atoms with Crippen LogP contribution >= 0.6 is 0 Å². The predicted octanol–water partition coefficient (Wildman–Crippen LogP) is 3.35. The first-order valence-corrected chi connectivity index (χ1v) is 6.36. The van der Waals surface area contributed by atoms with Crippen molar-refractivity contribution in [2.24, 2.45) is 0 Å². The Kier molecular flexibility index (Phi) is 5.22. The van der Waals surface area contributed by atoms with E-state index in [1.165, 1.54) is 32.0 Å². The van der Waals surface area contributed by atoms with Crippen molar-refractivity contribution >= 4 is 6.09 Å². The van der Waals surface area contributed by atoms with E-state index in [9.17, 15) is 23.1 Å². The normalized spacial score (nSPS) is 12.3. The SMILES string of the molecule is CC(C)(O)CCN(Cc1ccccc1C(F)(F)F)C(=O)O. The number of aliphatic hydroxyl groups is 1. The van der Waals surface area contributed by atoms with Crippen molar-refractivity contribution in [2.45, 2.75) is 38.6 Å². The molecule has 7 heteroatoms. The van der Waals surface area contributed by atoms with E-state index in [1.807, 2.05) is 0 Å². The quantitative estimate of drug-likeness (QED) is 0.877. The van der Waals surface area contributed by atoms with Gasteiger partial charge in [-0.05, 0) is 31.9 Å². The molecule has 0 atom stereocenters. The zero-order chi connectivity index (χ0) is 16.3. The highest BCUT2D eigenvalue weighted by Crippen LogP contribution is 2.32. The highest BCUT2D eigenvalue weighted by Gasteiger charge is 2.33. The van der Waals surface area contributed by atoms with Gasteiger partial charge in [0.05, 0.1) is 11.2 Å². The predicted molar refractivity (Wildman–Crippen MR) is 70.8 cm³/mol. The minimum absolute atomic E-state index is 0.0506. The molecule has 0 spiro atoms. The van der Waals surface area contributed by atoms with Crippen molar-refractivity contribution in [2.75, 3.05) is 6.54 Å². The lowest BCUT2D eigenvalue weighted by molar-refractivity contribution is -0.138. The number of benzene rings is 1.